The molecule has 0 unspecified atom stereocenters. The second-order valence-electron chi connectivity index (χ2n) is 9.79. The average molecular weight is 526 g/mol. The van der Waals surface area contributed by atoms with Gasteiger partial charge in [0.05, 0.1) is 22.5 Å². The van der Waals surface area contributed by atoms with Gasteiger partial charge in [-0.1, -0.05) is 140 Å². The van der Waals surface area contributed by atoms with Crippen molar-refractivity contribution < 1.29 is 0 Å². The van der Waals surface area contributed by atoms with E-state index in [2.05, 4.69) is 43.0 Å². The minimum absolute atomic E-state index is 0.526. The first-order valence-corrected chi connectivity index (χ1v) is 13.4. The molecule has 0 atom stereocenters. The number of pyridine rings is 1. The summed E-state index contributed by atoms with van der Waals surface area (Å²) in [4.78, 5) is 5.08. The van der Waals surface area contributed by atoms with Crippen LogP contribution in [0.1, 0.15) is 22.3 Å². The molecule has 0 saturated carbocycles. The van der Waals surface area contributed by atoms with Gasteiger partial charge in [-0.05, 0) is 33.9 Å². The lowest BCUT2D eigenvalue weighted by atomic mass is 9.88. The maximum Gasteiger partial charge on any atom is 0.102 e. The van der Waals surface area contributed by atoms with E-state index in [1.165, 1.54) is 0 Å². The van der Waals surface area contributed by atoms with Crippen LogP contribution in [0.2, 0.25) is 0 Å². The van der Waals surface area contributed by atoms with Crippen LogP contribution in [0.5, 0.6) is 0 Å². The fraction of sp³-hybridized carbons (Fsp3) is 0. The highest BCUT2D eigenvalue weighted by Crippen LogP contribution is 2.41. The van der Waals surface area contributed by atoms with E-state index in [1.54, 1.807) is 0 Å². The van der Waals surface area contributed by atoms with Gasteiger partial charge in [0.25, 0.3) is 0 Å². The van der Waals surface area contributed by atoms with Crippen molar-refractivity contribution in [1.29, 1.82) is 5.26 Å². The van der Waals surface area contributed by atoms with E-state index in [9.17, 15) is 5.26 Å². The number of aromatic nitrogens is 1. The van der Waals surface area contributed by atoms with Crippen molar-refractivity contribution in [2.75, 3.05) is 5.73 Å². The van der Waals surface area contributed by atoms with Gasteiger partial charge < -0.3 is 5.73 Å². The number of rotatable bonds is 6. The number of fused-ring (bicyclic) bond motifs is 1. The molecule has 3 heteroatoms. The topological polar surface area (TPSA) is 62.7 Å². The standard InChI is InChI=1S/C38H27N3/c1-26(27-14-6-2-7-15-27)24-33(28-16-8-3-9-17-28)31-22-23-32-35(29-18-10-4-11-19-29)34(25-39)37(41-38(32)36(31)40)30-20-12-5-13-21-30/h2-24H,1,40H2/b33-24-. The Morgan fingerprint density at radius 3 is 1.80 bits per heavy atom. The van der Waals surface area contributed by atoms with Crippen LogP contribution in [0.15, 0.2) is 146 Å². The number of nitrogens with two attached hydrogens (primary N) is 1. The molecule has 194 valence electrons. The highest BCUT2D eigenvalue weighted by molar-refractivity contribution is 6.08. The van der Waals surface area contributed by atoms with Crippen molar-refractivity contribution in [3.63, 3.8) is 0 Å². The zero-order valence-electron chi connectivity index (χ0n) is 22.5. The van der Waals surface area contributed by atoms with Gasteiger partial charge in [0, 0.05) is 22.1 Å². The third-order valence-corrected chi connectivity index (χ3v) is 7.26. The zero-order chi connectivity index (χ0) is 28.2. The van der Waals surface area contributed by atoms with Crippen LogP contribution in [0.25, 0.3) is 44.4 Å². The SMILES string of the molecule is C=C(/C=C(/c1ccccc1)c1ccc2c(-c3ccccc3)c(C#N)c(-c3ccccc3)nc2c1N)c1ccccc1. The fourth-order valence-electron chi connectivity index (χ4n) is 5.25. The Hall–Kier alpha value is -5.72. The summed E-state index contributed by atoms with van der Waals surface area (Å²) in [6, 6.07) is 46.6. The highest BCUT2D eigenvalue weighted by atomic mass is 14.8. The zero-order valence-corrected chi connectivity index (χ0v) is 22.5. The van der Waals surface area contributed by atoms with Gasteiger partial charge in [-0.2, -0.15) is 5.26 Å². The van der Waals surface area contributed by atoms with Gasteiger partial charge in [0.15, 0.2) is 0 Å². The number of nitrogens with zero attached hydrogens (tertiary/aromatic N) is 2. The summed E-state index contributed by atoms with van der Waals surface area (Å²) >= 11 is 0. The van der Waals surface area contributed by atoms with Gasteiger partial charge in [-0.3, -0.25) is 0 Å². The second-order valence-corrected chi connectivity index (χ2v) is 9.79. The number of nitriles is 1. The number of benzene rings is 5. The third kappa shape index (κ3) is 4.91. The van der Waals surface area contributed by atoms with Crippen LogP contribution in [-0.4, -0.2) is 4.98 Å². The fourth-order valence-corrected chi connectivity index (χ4v) is 5.25. The normalized spacial score (nSPS) is 11.2. The molecule has 0 aliphatic rings. The molecule has 6 aromatic rings. The number of hydrogen-bond acceptors (Lipinski definition) is 3. The summed E-state index contributed by atoms with van der Waals surface area (Å²) in [5.41, 5.74) is 16.8. The Labute approximate surface area is 240 Å². The van der Waals surface area contributed by atoms with Gasteiger partial charge in [-0.15, -0.1) is 0 Å². The Kier molecular flexibility index (Phi) is 6.97. The van der Waals surface area contributed by atoms with Gasteiger partial charge in [0.1, 0.15) is 6.07 Å². The highest BCUT2D eigenvalue weighted by Gasteiger charge is 2.21. The maximum atomic E-state index is 10.4. The lowest BCUT2D eigenvalue weighted by molar-refractivity contribution is 1.36. The second kappa shape index (κ2) is 11.2. The van der Waals surface area contributed by atoms with Gasteiger partial charge in [0.2, 0.25) is 0 Å². The molecule has 0 saturated heterocycles. The molecule has 1 heterocycles. The summed E-state index contributed by atoms with van der Waals surface area (Å²) in [7, 11) is 0. The number of allylic oxidation sites excluding steroid dienone is 2. The molecule has 0 fully saturated rings. The van der Waals surface area contributed by atoms with E-state index in [0.29, 0.717) is 22.5 Å². The summed E-state index contributed by atoms with van der Waals surface area (Å²) in [5.74, 6) is 0. The molecule has 3 nitrogen and oxygen atoms in total. The number of nitrogen functional groups attached to an aromatic ring is 1. The predicted molar refractivity (Wildman–Crippen MR) is 171 cm³/mol. The van der Waals surface area contributed by atoms with Crippen molar-refractivity contribution in [2.24, 2.45) is 0 Å². The third-order valence-electron chi connectivity index (χ3n) is 7.26. The van der Waals surface area contributed by atoms with Crippen LogP contribution in [0.3, 0.4) is 0 Å². The molecule has 0 bridgehead atoms. The Morgan fingerprint density at radius 2 is 1.22 bits per heavy atom. The van der Waals surface area contributed by atoms with E-state index in [-0.39, 0.29) is 0 Å². The lowest BCUT2D eigenvalue weighted by Crippen LogP contribution is -2.02. The summed E-state index contributed by atoms with van der Waals surface area (Å²) in [6.07, 6.45) is 2.09. The van der Waals surface area contributed by atoms with Gasteiger partial charge in [-0.25, -0.2) is 4.98 Å². The molecule has 0 spiro atoms. The molecule has 41 heavy (non-hydrogen) atoms. The first-order chi connectivity index (χ1) is 20.2. The quantitative estimate of drug-likeness (QED) is 0.174. The molecular weight excluding hydrogens is 498 g/mol. The molecule has 0 aliphatic heterocycles. The van der Waals surface area contributed by atoms with Crippen LogP contribution >= 0.6 is 0 Å². The molecule has 5 aromatic carbocycles. The minimum atomic E-state index is 0.526. The van der Waals surface area contributed by atoms with Crippen molar-refractivity contribution in [1.82, 2.24) is 4.98 Å². The van der Waals surface area contributed by atoms with Crippen LogP contribution in [-0.2, 0) is 0 Å². The van der Waals surface area contributed by atoms with Crippen molar-refractivity contribution in [3.8, 4) is 28.5 Å². The Morgan fingerprint density at radius 1 is 0.683 bits per heavy atom. The number of hydrogen-bond donors (Lipinski definition) is 1. The molecule has 0 amide bonds. The molecule has 1 aromatic heterocycles. The maximum absolute atomic E-state index is 10.4. The Bertz CT molecular complexity index is 1930. The summed E-state index contributed by atoms with van der Waals surface area (Å²) < 4.78 is 0. The van der Waals surface area contributed by atoms with E-state index < -0.39 is 0 Å². The molecule has 2 N–H and O–H groups in total. The minimum Gasteiger partial charge on any atom is -0.396 e. The van der Waals surface area contributed by atoms with Crippen LogP contribution < -0.4 is 5.73 Å². The lowest BCUT2D eigenvalue weighted by Gasteiger charge is -2.18. The first-order valence-electron chi connectivity index (χ1n) is 13.4. The van der Waals surface area contributed by atoms with E-state index >= 15 is 0 Å². The van der Waals surface area contributed by atoms with Gasteiger partial charge >= 0.3 is 0 Å². The van der Waals surface area contributed by atoms with E-state index in [0.717, 1.165) is 49.9 Å². The summed E-state index contributed by atoms with van der Waals surface area (Å²) in [5, 5.41) is 11.2. The van der Waals surface area contributed by atoms with Crippen LogP contribution in [0, 0.1) is 11.3 Å². The first kappa shape index (κ1) is 25.6. The van der Waals surface area contributed by atoms with Crippen LogP contribution in [0.4, 0.5) is 5.69 Å². The average Bonchev–Trinajstić information content (AvgIpc) is 3.05. The van der Waals surface area contributed by atoms with Crippen molar-refractivity contribution in [2.45, 2.75) is 0 Å². The largest absolute Gasteiger partial charge is 0.396 e. The molecular formula is C38H27N3. The number of anilines is 1. The monoisotopic (exact) mass is 525 g/mol. The predicted octanol–water partition coefficient (Wildman–Crippen LogP) is 9.17. The van der Waals surface area contributed by atoms with E-state index in [1.807, 2.05) is 109 Å². The van der Waals surface area contributed by atoms with Crippen molar-refractivity contribution in [3.05, 3.63) is 168 Å². The molecule has 0 radical (unpaired) electrons. The molecule has 0 aliphatic carbocycles. The van der Waals surface area contributed by atoms with E-state index in [4.69, 9.17) is 10.7 Å². The summed E-state index contributed by atoms with van der Waals surface area (Å²) in [6.45, 7) is 4.37. The van der Waals surface area contributed by atoms with Crippen molar-refractivity contribution >= 4 is 27.7 Å². The Balaban J connectivity index is 1.66. The smallest absolute Gasteiger partial charge is 0.102 e. The molecule has 6 rings (SSSR count).